The van der Waals surface area contributed by atoms with Crippen LogP contribution in [0.15, 0.2) is 65.0 Å². The van der Waals surface area contributed by atoms with Crippen molar-refractivity contribution in [2.45, 2.75) is 32.9 Å². The first-order valence-electron chi connectivity index (χ1n) is 7.32. The molecule has 24 heavy (non-hydrogen) atoms. The van der Waals surface area contributed by atoms with Crippen LogP contribution in [0.3, 0.4) is 0 Å². The van der Waals surface area contributed by atoms with Crippen LogP contribution in [0, 0.1) is 11.6 Å². The number of rotatable bonds is 4. The van der Waals surface area contributed by atoms with Crippen LogP contribution >= 0.6 is 0 Å². The Balaban J connectivity index is 0.00000288. The van der Waals surface area contributed by atoms with Crippen molar-refractivity contribution in [3.63, 3.8) is 0 Å². The van der Waals surface area contributed by atoms with E-state index < -0.39 is 5.54 Å². The molecule has 0 unspecified atom stereocenters. The summed E-state index contributed by atoms with van der Waals surface area (Å²) in [6.45, 7) is 5.66. The third kappa shape index (κ3) is 6.05. The molecule has 1 aliphatic rings. The Morgan fingerprint density at radius 3 is 2.75 bits per heavy atom. The molecule has 1 heterocycles. The van der Waals surface area contributed by atoms with Crippen LogP contribution in [0.4, 0.5) is 0 Å². The molecule has 6 heteroatoms. The fourth-order valence-corrected chi connectivity index (χ4v) is 1.74. The Kier molecular flexibility index (Phi) is 7.56. The summed E-state index contributed by atoms with van der Waals surface area (Å²) in [6.07, 6.45) is 11.1. The number of nitrogens with zero attached hydrogens (tertiary/aromatic N) is 3. The van der Waals surface area contributed by atoms with Gasteiger partial charge in [-0.1, -0.05) is 24.3 Å². The van der Waals surface area contributed by atoms with Crippen LogP contribution in [0.2, 0.25) is 0 Å². The van der Waals surface area contributed by atoms with Gasteiger partial charge in [-0.15, -0.1) is 0 Å². The number of hydrogen-bond acceptors (Lipinski definition) is 5. The van der Waals surface area contributed by atoms with Crippen LogP contribution in [0.5, 0.6) is 0 Å². The first-order valence-corrected chi connectivity index (χ1v) is 7.32. The molecule has 0 bridgehead atoms. The average Bonchev–Trinajstić information content (AvgIpc) is 2.53. The molecule has 0 N–H and O–H groups in total. The fourth-order valence-electron chi connectivity index (χ4n) is 1.74. The third-order valence-electron chi connectivity index (χ3n) is 3.08. The normalized spacial score (nSPS) is 16.6. The number of pyridine rings is 1. The van der Waals surface area contributed by atoms with Gasteiger partial charge in [0.15, 0.2) is 0 Å². The Morgan fingerprint density at radius 1 is 1.38 bits per heavy atom. The van der Waals surface area contributed by atoms with E-state index in [9.17, 15) is 10.3 Å². The molecule has 0 fully saturated rings. The number of hydrogen-bond donors (Lipinski definition) is 0. The molecule has 128 valence electrons. The molecule has 0 amide bonds. The summed E-state index contributed by atoms with van der Waals surface area (Å²) < 4.78 is 0. The van der Waals surface area contributed by atoms with E-state index in [1.807, 2.05) is 39.0 Å². The second kappa shape index (κ2) is 8.93. The molecule has 2 rings (SSSR count). The molecule has 1 aromatic rings. The van der Waals surface area contributed by atoms with Crippen molar-refractivity contribution in [2.75, 3.05) is 0 Å². The van der Waals surface area contributed by atoms with Crippen molar-refractivity contribution in [3.05, 3.63) is 77.3 Å². The summed E-state index contributed by atoms with van der Waals surface area (Å²) in [7, 11) is 0. The van der Waals surface area contributed by atoms with Gasteiger partial charge < -0.3 is 15.4 Å². The van der Waals surface area contributed by atoms with Gasteiger partial charge in [-0.3, -0.25) is 9.98 Å². The maximum Gasteiger partial charge on any atom is 2.00 e. The second-order valence-corrected chi connectivity index (χ2v) is 6.09. The number of aliphatic imine (C=N–C) groups is 1. The van der Waals surface area contributed by atoms with Crippen LogP contribution in [-0.4, -0.2) is 21.5 Å². The second-order valence-electron chi connectivity index (χ2n) is 6.09. The Hall–Kier alpha value is -1.74. The van der Waals surface area contributed by atoms with Gasteiger partial charge in [0.2, 0.25) is 0 Å². The Bertz CT molecular complexity index is 659. The van der Waals surface area contributed by atoms with Gasteiger partial charge in [0.25, 0.3) is 0 Å². The maximum atomic E-state index is 12.1. The summed E-state index contributed by atoms with van der Waals surface area (Å²) in [5, 5.41) is 24.9. The minimum Gasteiger partial charge on any atom is -0.859 e. The van der Waals surface area contributed by atoms with Gasteiger partial charge in [-0.25, -0.2) is 0 Å². The van der Waals surface area contributed by atoms with E-state index in [-0.39, 0.29) is 32.9 Å². The molecular weight excluding hydrogens is 397 g/mol. The standard InChI is InChI=1S/C18H20N3O2.Pd/c1-18(2,3)21(23)13-14-7-6-8-15(11-14)17(22)20-12-16-9-4-5-10-19-16;/h4-10,13H,12H2,1-3H3,(H,20,22);/q-1;+2/p-1/b14-13-;. The van der Waals surface area contributed by atoms with Gasteiger partial charge in [0.05, 0.1) is 18.7 Å². The van der Waals surface area contributed by atoms with Crippen molar-refractivity contribution in [3.8, 4) is 0 Å². The molecule has 0 aromatic carbocycles. The zero-order chi connectivity index (χ0) is 16.9. The van der Waals surface area contributed by atoms with E-state index in [2.05, 4.69) is 16.4 Å². The quantitative estimate of drug-likeness (QED) is 0.327. The zero-order valence-electron chi connectivity index (χ0n) is 13.8. The fraction of sp³-hybridized carbons (Fsp3) is 0.278. The molecule has 0 saturated heterocycles. The molecule has 5 nitrogen and oxygen atoms in total. The Labute approximate surface area is 156 Å². The molecule has 0 saturated carbocycles. The van der Waals surface area contributed by atoms with Gasteiger partial charge in [-0.2, -0.15) is 0 Å². The summed E-state index contributed by atoms with van der Waals surface area (Å²) in [5.41, 5.74) is 1.06. The van der Waals surface area contributed by atoms with E-state index in [1.54, 1.807) is 24.4 Å². The first-order chi connectivity index (χ1) is 10.9. The maximum absolute atomic E-state index is 12.1. The van der Waals surface area contributed by atoms with Gasteiger partial charge in [0.1, 0.15) is 0 Å². The smallest absolute Gasteiger partial charge is 0.859 e. The van der Waals surface area contributed by atoms with Crippen molar-refractivity contribution in [2.24, 2.45) is 4.99 Å². The van der Waals surface area contributed by atoms with E-state index in [4.69, 9.17) is 0 Å². The summed E-state index contributed by atoms with van der Waals surface area (Å²) in [4.78, 5) is 8.11. The molecule has 0 spiro atoms. The van der Waals surface area contributed by atoms with E-state index in [1.165, 1.54) is 6.20 Å². The average molecular weight is 416 g/mol. The topological polar surface area (TPSA) is 74.6 Å². The minimum atomic E-state index is -0.544. The molecule has 2 radical (unpaired) electrons. The molecule has 0 atom stereocenters. The largest absolute Gasteiger partial charge is 2.00 e. The van der Waals surface area contributed by atoms with Gasteiger partial charge in [0, 0.05) is 11.7 Å². The van der Waals surface area contributed by atoms with Crippen molar-refractivity contribution in [1.29, 1.82) is 0 Å². The number of allylic oxidation sites excluding steroid dienone is 4. The van der Waals surface area contributed by atoms with Crippen LogP contribution in [0.25, 0.3) is 0 Å². The monoisotopic (exact) mass is 415 g/mol. The summed E-state index contributed by atoms with van der Waals surface area (Å²) in [5.74, 6) is -0.376. The van der Waals surface area contributed by atoms with Crippen molar-refractivity contribution >= 4 is 5.90 Å². The van der Waals surface area contributed by atoms with Gasteiger partial charge >= 0.3 is 20.4 Å². The van der Waals surface area contributed by atoms with E-state index in [0.29, 0.717) is 11.1 Å². The minimum absolute atomic E-state index is 0. The van der Waals surface area contributed by atoms with E-state index >= 15 is 0 Å². The Morgan fingerprint density at radius 2 is 2.12 bits per heavy atom. The summed E-state index contributed by atoms with van der Waals surface area (Å²) in [6, 6.07) is 5.46. The number of hydroxylamine groups is 2. The van der Waals surface area contributed by atoms with Crippen LogP contribution in [-0.2, 0) is 27.0 Å². The predicted molar refractivity (Wildman–Crippen MR) is 88.9 cm³/mol. The SMILES string of the molecule is CC(C)(C)N([O-])/C=C1\[C]C(C([O-])=NCc2ccccn2)=CC=C1.[Pd+2]. The third-order valence-corrected chi connectivity index (χ3v) is 3.08. The van der Waals surface area contributed by atoms with Crippen LogP contribution < -0.4 is 5.11 Å². The van der Waals surface area contributed by atoms with Crippen LogP contribution in [0.1, 0.15) is 26.5 Å². The van der Waals surface area contributed by atoms with Crippen molar-refractivity contribution < 1.29 is 25.5 Å². The summed E-state index contributed by atoms with van der Waals surface area (Å²) >= 11 is 0. The molecule has 1 aliphatic carbocycles. The van der Waals surface area contributed by atoms with Crippen molar-refractivity contribution in [1.82, 2.24) is 10.0 Å². The zero-order valence-corrected chi connectivity index (χ0v) is 15.4. The number of aromatic nitrogens is 1. The predicted octanol–water partition coefficient (Wildman–Crippen LogP) is 2.40. The van der Waals surface area contributed by atoms with Gasteiger partial charge in [-0.05, 0) is 56.1 Å². The first kappa shape index (κ1) is 20.3. The van der Waals surface area contributed by atoms with E-state index in [0.717, 1.165) is 10.8 Å². The molecular formula is C18H19N3O2Pd. The molecule has 0 aliphatic heterocycles. The molecule has 1 aromatic heterocycles.